The lowest BCUT2D eigenvalue weighted by atomic mass is 10.2. The second-order valence-corrected chi connectivity index (χ2v) is 7.14. The molecule has 0 atom stereocenters. The van der Waals surface area contributed by atoms with Crippen molar-refractivity contribution in [2.75, 3.05) is 10.6 Å². The molecule has 3 N–H and O–H groups in total. The molecule has 2 aromatic rings. The predicted octanol–water partition coefficient (Wildman–Crippen LogP) is 5.35. The number of anilines is 2. The molecule has 1 aromatic carbocycles. The van der Waals surface area contributed by atoms with Gasteiger partial charge in [-0.25, -0.2) is 4.98 Å². The number of halogens is 3. The smallest absolute Gasteiger partial charge is 0.380 e. The van der Waals surface area contributed by atoms with Crippen LogP contribution in [0.2, 0.25) is 0 Å². The number of hydrogen-bond acceptors (Lipinski definition) is 5. The minimum Gasteiger partial charge on any atom is -0.380 e. The van der Waals surface area contributed by atoms with Crippen LogP contribution in [0.25, 0.3) is 0 Å². The van der Waals surface area contributed by atoms with E-state index in [1.807, 2.05) is 36.7 Å². The summed E-state index contributed by atoms with van der Waals surface area (Å²) < 4.78 is 37.8. The van der Waals surface area contributed by atoms with Gasteiger partial charge in [0.1, 0.15) is 5.71 Å². The molecule has 26 heavy (non-hydrogen) atoms. The van der Waals surface area contributed by atoms with Gasteiger partial charge in [-0.05, 0) is 56.0 Å². The van der Waals surface area contributed by atoms with Gasteiger partial charge < -0.3 is 10.6 Å². The van der Waals surface area contributed by atoms with E-state index in [1.54, 1.807) is 11.3 Å². The molecule has 0 amide bonds. The Bertz CT molecular complexity index is 805. The van der Waals surface area contributed by atoms with Crippen molar-refractivity contribution >= 4 is 28.4 Å². The second-order valence-electron chi connectivity index (χ2n) is 6.20. The Balaban J connectivity index is 1.63. The van der Waals surface area contributed by atoms with Gasteiger partial charge in [0.05, 0.1) is 17.7 Å². The number of hydrogen-bond donors (Lipinski definition) is 3. The zero-order valence-electron chi connectivity index (χ0n) is 14.2. The molecule has 1 aromatic heterocycles. The van der Waals surface area contributed by atoms with Gasteiger partial charge in [0.25, 0.3) is 0 Å². The van der Waals surface area contributed by atoms with Gasteiger partial charge in [-0.2, -0.15) is 13.2 Å². The van der Waals surface area contributed by atoms with Gasteiger partial charge in [0.2, 0.25) is 0 Å². The standard InChI is InChI=1S/C18H19F3N4S/c1-11-16(26-10-24-11)9-23-13-4-6-14(7-5-13)25-15(12-2-3-12)8-17(22)18(19,20)21/h4-8,10,12,22-23,25H,2-3,9H2,1H3/b15-8-,22-17?. The summed E-state index contributed by atoms with van der Waals surface area (Å²) >= 11 is 1.59. The zero-order valence-corrected chi connectivity index (χ0v) is 15.0. The zero-order chi connectivity index (χ0) is 18.7. The van der Waals surface area contributed by atoms with Crippen LogP contribution in [-0.4, -0.2) is 16.9 Å². The maximum absolute atomic E-state index is 12.6. The lowest BCUT2D eigenvalue weighted by Gasteiger charge is -2.13. The molecule has 138 valence electrons. The van der Waals surface area contributed by atoms with E-state index in [1.165, 1.54) is 0 Å². The molecule has 8 heteroatoms. The number of allylic oxidation sites excluding steroid dienone is 2. The number of aromatic nitrogens is 1. The highest BCUT2D eigenvalue weighted by Crippen LogP contribution is 2.37. The van der Waals surface area contributed by atoms with E-state index in [9.17, 15) is 13.2 Å². The maximum atomic E-state index is 12.6. The summed E-state index contributed by atoms with van der Waals surface area (Å²) in [4.78, 5) is 5.37. The molecule has 0 saturated heterocycles. The molecule has 1 aliphatic rings. The van der Waals surface area contributed by atoms with Crippen molar-refractivity contribution in [3.8, 4) is 0 Å². The Kier molecular flexibility index (Phi) is 5.31. The minimum absolute atomic E-state index is 0.0739. The van der Waals surface area contributed by atoms with Crippen molar-refractivity contribution in [2.45, 2.75) is 32.5 Å². The molecule has 3 rings (SSSR count). The first-order valence-electron chi connectivity index (χ1n) is 8.20. The van der Waals surface area contributed by atoms with Crippen LogP contribution in [0.3, 0.4) is 0 Å². The van der Waals surface area contributed by atoms with Crippen LogP contribution in [0.4, 0.5) is 24.5 Å². The fraction of sp³-hybridized carbons (Fsp3) is 0.333. The van der Waals surface area contributed by atoms with Crippen molar-refractivity contribution in [3.63, 3.8) is 0 Å². The van der Waals surface area contributed by atoms with Crippen molar-refractivity contribution in [1.82, 2.24) is 4.98 Å². The maximum Gasteiger partial charge on any atom is 0.432 e. The number of aryl methyl sites for hydroxylation is 1. The minimum atomic E-state index is -4.62. The SMILES string of the molecule is Cc1ncsc1CNc1ccc(N/C(=C\C(=N)C(F)(F)F)C2CC2)cc1. The van der Waals surface area contributed by atoms with Crippen LogP contribution >= 0.6 is 11.3 Å². The van der Waals surface area contributed by atoms with Gasteiger partial charge in [-0.1, -0.05) is 0 Å². The molecule has 1 heterocycles. The topological polar surface area (TPSA) is 60.8 Å². The number of nitrogens with zero attached hydrogens (tertiary/aromatic N) is 1. The molecule has 0 spiro atoms. The van der Waals surface area contributed by atoms with E-state index in [0.29, 0.717) is 17.9 Å². The first-order chi connectivity index (χ1) is 12.3. The quantitative estimate of drug-likeness (QED) is 0.567. The van der Waals surface area contributed by atoms with Crippen LogP contribution in [0.1, 0.15) is 23.4 Å². The molecule has 0 bridgehead atoms. The number of thiazole rings is 1. The van der Waals surface area contributed by atoms with Crippen LogP contribution in [-0.2, 0) is 6.54 Å². The third-order valence-corrected chi connectivity index (χ3v) is 5.03. The van der Waals surface area contributed by atoms with Crippen molar-refractivity contribution in [3.05, 3.63) is 52.1 Å². The lowest BCUT2D eigenvalue weighted by Crippen LogP contribution is -2.21. The van der Waals surface area contributed by atoms with E-state index < -0.39 is 11.9 Å². The summed E-state index contributed by atoms with van der Waals surface area (Å²) in [6.07, 6.45) is -2.03. The predicted molar refractivity (Wildman–Crippen MR) is 98.8 cm³/mol. The van der Waals surface area contributed by atoms with Crippen LogP contribution in [0, 0.1) is 18.3 Å². The third-order valence-electron chi connectivity index (χ3n) is 4.09. The molecule has 0 unspecified atom stereocenters. The van der Waals surface area contributed by atoms with Gasteiger partial charge >= 0.3 is 6.18 Å². The van der Waals surface area contributed by atoms with Crippen LogP contribution in [0.15, 0.2) is 41.5 Å². The molecule has 1 fully saturated rings. The Labute approximate surface area is 153 Å². The molecule has 1 saturated carbocycles. The molecular weight excluding hydrogens is 361 g/mol. The van der Waals surface area contributed by atoms with Gasteiger partial charge in [-0.15, -0.1) is 11.3 Å². The first-order valence-corrected chi connectivity index (χ1v) is 9.08. The largest absolute Gasteiger partial charge is 0.432 e. The fourth-order valence-electron chi connectivity index (χ4n) is 2.40. The summed E-state index contributed by atoms with van der Waals surface area (Å²) in [5, 5.41) is 13.5. The lowest BCUT2D eigenvalue weighted by molar-refractivity contribution is -0.0584. The van der Waals surface area contributed by atoms with Crippen LogP contribution in [0.5, 0.6) is 0 Å². The number of rotatable bonds is 7. The van der Waals surface area contributed by atoms with E-state index in [2.05, 4.69) is 15.6 Å². The van der Waals surface area contributed by atoms with Gasteiger partial charge in [0, 0.05) is 21.9 Å². The van der Waals surface area contributed by atoms with Crippen LogP contribution < -0.4 is 10.6 Å². The highest BCUT2D eigenvalue weighted by Gasteiger charge is 2.35. The average Bonchev–Trinajstić information content (AvgIpc) is 3.35. The fourth-order valence-corrected chi connectivity index (χ4v) is 3.12. The average molecular weight is 380 g/mol. The van der Waals surface area contributed by atoms with Crippen molar-refractivity contribution in [2.24, 2.45) is 5.92 Å². The van der Waals surface area contributed by atoms with Gasteiger partial charge in [0.15, 0.2) is 0 Å². The van der Waals surface area contributed by atoms with Crippen molar-refractivity contribution in [1.29, 1.82) is 5.41 Å². The summed E-state index contributed by atoms with van der Waals surface area (Å²) in [5.41, 5.74) is 3.57. The van der Waals surface area contributed by atoms with E-state index in [0.717, 1.165) is 35.2 Å². The normalized spacial score (nSPS) is 15.0. The Morgan fingerprint density at radius 2 is 1.92 bits per heavy atom. The summed E-state index contributed by atoms with van der Waals surface area (Å²) in [6, 6.07) is 7.38. The summed E-state index contributed by atoms with van der Waals surface area (Å²) in [5.74, 6) is 0.0739. The molecule has 0 aliphatic heterocycles. The molecule has 4 nitrogen and oxygen atoms in total. The molecular formula is C18H19F3N4S. The summed E-state index contributed by atoms with van der Waals surface area (Å²) in [6.45, 7) is 2.64. The number of alkyl halides is 3. The number of nitrogens with one attached hydrogen (secondary N) is 3. The Morgan fingerprint density at radius 1 is 1.27 bits per heavy atom. The number of benzene rings is 1. The van der Waals surface area contributed by atoms with E-state index in [4.69, 9.17) is 5.41 Å². The molecule has 0 radical (unpaired) electrons. The van der Waals surface area contributed by atoms with Gasteiger partial charge in [-0.3, -0.25) is 5.41 Å². The Hall–Kier alpha value is -2.35. The highest BCUT2D eigenvalue weighted by atomic mass is 32.1. The monoisotopic (exact) mass is 380 g/mol. The second kappa shape index (κ2) is 7.49. The Morgan fingerprint density at radius 3 is 2.46 bits per heavy atom. The highest BCUT2D eigenvalue weighted by molar-refractivity contribution is 7.09. The van der Waals surface area contributed by atoms with E-state index >= 15 is 0 Å². The van der Waals surface area contributed by atoms with E-state index in [-0.39, 0.29) is 5.92 Å². The molecule has 1 aliphatic carbocycles. The van der Waals surface area contributed by atoms with Crippen molar-refractivity contribution < 1.29 is 13.2 Å². The third kappa shape index (κ3) is 4.85. The summed E-state index contributed by atoms with van der Waals surface area (Å²) in [7, 11) is 0. The first kappa shape index (κ1) is 18.4.